The molecule has 0 aromatic carbocycles. The minimum atomic E-state index is -2.61. The van der Waals surface area contributed by atoms with Gasteiger partial charge < -0.3 is 0 Å². The van der Waals surface area contributed by atoms with Gasteiger partial charge >= 0.3 is 44.3 Å². The van der Waals surface area contributed by atoms with Crippen LogP contribution in [0, 0.1) is 0 Å². The smallest absolute Gasteiger partial charge is 0.284 e. The first-order valence-electron chi connectivity index (χ1n) is 2.06. The second kappa shape index (κ2) is 10.7. The first kappa shape index (κ1) is 11.6. The Morgan fingerprint density at radius 2 is 1.88 bits per heavy atom. The fourth-order valence-electron chi connectivity index (χ4n) is 0. The van der Waals surface area contributed by atoms with Gasteiger partial charge in [-0.15, -0.1) is 0 Å². The molecule has 0 aromatic heterocycles. The molecule has 0 aliphatic rings. The van der Waals surface area contributed by atoms with Crippen molar-refractivity contribution < 1.29 is 13.3 Å². The predicted octanol–water partition coefficient (Wildman–Crippen LogP) is 0.440. The fourth-order valence-corrected chi connectivity index (χ4v) is 0. The van der Waals surface area contributed by atoms with E-state index in [0.717, 1.165) is 0 Å². The molecule has 0 aliphatic heterocycles. The van der Waals surface area contributed by atoms with Gasteiger partial charge in [0.15, 0.2) is 0 Å². The van der Waals surface area contributed by atoms with Gasteiger partial charge in [-0.3, -0.25) is 9.11 Å². The van der Waals surface area contributed by atoms with Crippen LogP contribution in [0.1, 0.15) is 0 Å². The van der Waals surface area contributed by atoms with Crippen LogP contribution in [0.4, 0.5) is 0 Å². The van der Waals surface area contributed by atoms with Gasteiger partial charge in [0.1, 0.15) is 0 Å². The van der Waals surface area contributed by atoms with E-state index < -0.39 is 11.4 Å². The van der Waals surface area contributed by atoms with Gasteiger partial charge in [0.05, 0.1) is 0 Å². The average molecular weight is 146 g/mol. The van der Waals surface area contributed by atoms with Gasteiger partial charge in [-0.25, -0.2) is 0 Å². The van der Waals surface area contributed by atoms with Crippen molar-refractivity contribution in [2.24, 2.45) is 0 Å². The number of rotatable bonds is 1. The Hall–Kier alpha value is 0.810. The Balaban J connectivity index is 0. The number of allylic oxidation sites excluding steroid dienone is 1. The minimum Gasteiger partial charge on any atom is -0.284 e. The summed E-state index contributed by atoms with van der Waals surface area (Å²) < 4.78 is 24.1. The van der Waals surface area contributed by atoms with E-state index in [9.17, 15) is 0 Å². The van der Waals surface area contributed by atoms with Crippen molar-refractivity contribution in [3.05, 3.63) is 12.7 Å². The molecule has 0 unspecified atom stereocenters. The Morgan fingerprint density at radius 1 is 1.75 bits per heavy atom. The van der Waals surface area contributed by atoms with Gasteiger partial charge in [0, 0.05) is 0 Å². The quantitative estimate of drug-likeness (QED) is 0.320. The van der Waals surface area contributed by atoms with Crippen molar-refractivity contribution in [3.63, 3.8) is 0 Å². The second-order valence-electron chi connectivity index (χ2n) is 0.928. The maximum atomic E-state index is 8.67. The summed E-state index contributed by atoms with van der Waals surface area (Å²) in [6.07, 6.45) is 1.94. The van der Waals surface area contributed by atoms with Gasteiger partial charge in [0.2, 0.25) is 0 Å². The van der Waals surface area contributed by atoms with Crippen LogP contribution in [-0.4, -0.2) is 41.2 Å². The monoisotopic (exact) mass is 146 g/mol. The van der Waals surface area contributed by atoms with E-state index >= 15 is 0 Å². The third-order valence-corrected chi connectivity index (χ3v) is 0.866. The Labute approximate surface area is 68.7 Å². The van der Waals surface area contributed by atoms with Crippen LogP contribution in [0.3, 0.4) is 0 Å². The molecule has 8 heavy (non-hydrogen) atoms. The molecule has 0 radical (unpaired) electrons. The first-order valence-corrected chi connectivity index (χ1v) is 4.53. The molecule has 0 atom stereocenters. The van der Waals surface area contributed by atoms with Crippen LogP contribution in [0.15, 0.2) is 12.7 Å². The van der Waals surface area contributed by atoms with Crippen LogP contribution >= 0.6 is 0 Å². The van der Waals surface area contributed by atoms with Crippen LogP contribution in [0.25, 0.3) is 0 Å². The topological polar surface area (TPSA) is 57.5 Å². The summed E-state index contributed by atoms with van der Waals surface area (Å²) in [7, 11) is 0. The molecule has 0 aromatic rings. The summed E-state index contributed by atoms with van der Waals surface area (Å²) >= 11 is -1.34. The van der Waals surface area contributed by atoms with E-state index in [2.05, 4.69) is 6.58 Å². The molecule has 0 saturated carbocycles. The Kier molecular flexibility index (Phi) is 15.5. The third-order valence-electron chi connectivity index (χ3n) is 0.289. The largest absolute Gasteiger partial charge is 0.299 e. The molecule has 0 saturated heterocycles. The summed E-state index contributed by atoms with van der Waals surface area (Å²) in [5, 5.41) is 0. The molecule has 0 spiro atoms. The second-order valence-corrected chi connectivity index (χ2v) is 2.21. The zero-order chi connectivity index (χ0) is 6.99. The molecule has 3 nitrogen and oxygen atoms in total. The van der Waals surface area contributed by atoms with E-state index in [1.807, 2.05) is 6.08 Å². The third kappa shape index (κ3) is 70.2. The molecular weight excluding hydrogens is 139 g/mol. The van der Waals surface area contributed by atoms with Crippen molar-refractivity contribution in [3.8, 4) is 0 Å². The number of hydrogen-bond donors (Lipinski definition) is 2. The Bertz CT molecular complexity index is 70.9. The molecule has 5 heteroatoms. The SMILES string of the molecule is C=C[CH2][Na].O=S(O)O. The van der Waals surface area contributed by atoms with Crippen LogP contribution in [0.5, 0.6) is 0 Å². The predicted molar refractivity (Wildman–Crippen MR) is 34.2 cm³/mol. The molecule has 0 aliphatic carbocycles. The zero-order valence-electron chi connectivity index (χ0n) is 4.70. The molecule has 0 fully saturated rings. The molecule has 0 heterocycles. The maximum absolute atomic E-state index is 8.67. The molecular formula is C3H7NaO3S. The summed E-state index contributed by atoms with van der Waals surface area (Å²) in [5.41, 5.74) is 0. The molecule has 44 valence electrons. The zero-order valence-corrected chi connectivity index (χ0v) is 7.52. The van der Waals surface area contributed by atoms with E-state index in [0.29, 0.717) is 0 Å². The summed E-state index contributed by atoms with van der Waals surface area (Å²) in [6, 6.07) is 0. The summed E-state index contributed by atoms with van der Waals surface area (Å²) in [5.74, 6) is 0. The van der Waals surface area contributed by atoms with E-state index in [4.69, 9.17) is 13.3 Å². The molecule has 0 amide bonds. The standard InChI is InChI=1S/C3H5.Na.H2O3S/c1-3-2;;1-4(2)3/h3H,1-2H2;;(H2,1,2,3). The van der Waals surface area contributed by atoms with E-state index in [1.165, 1.54) is 31.6 Å². The van der Waals surface area contributed by atoms with E-state index in [-0.39, 0.29) is 0 Å². The minimum absolute atomic E-state index is 1.22. The summed E-state index contributed by atoms with van der Waals surface area (Å²) in [6.45, 7) is 3.51. The summed E-state index contributed by atoms with van der Waals surface area (Å²) in [4.78, 5) is 0. The van der Waals surface area contributed by atoms with Crippen LogP contribution in [0.2, 0.25) is 3.67 Å². The van der Waals surface area contributed by atoms with Crippen molar-refractivity contribution in [1.82, 2.24) is 0 Å². The molecule has 0 bridgehead atoms. The van der Waals surface area contributed by atoms with Gasteiger partial charge in [-0.2, -0.15) is 4.21 Å². The first-order chi connectivity index (χ1) is 3.65. The van der Waals surface area contributed by atoms with Crippen LogP contribution < -0.4 is 0 Å². The normalized spacial score (nSPS) is 7.62. The number of hydrogen-bond acceptors (Lipinski definition) is 1. The van der Waals surface area contributed by atoms with Gasteiger partial charge in [-0.1, -0.05) is 0 Å². The average Bonchev–Trinajstić information content (AvgIpc) is 1.65. The van der Waals surface area contributed by atoms with E-state index in [1.54, 1.807) is 0 Å². The maximum Gasteiger partial charge on any atom is 0.299 e. The van der Waals surface area contributed by atoms with Gasteiger partial charge in [-0.05, 0) is 0 Å². The Morgan fingerprint density at radius 3 is 1.88 bits per heavy atom. The molecule has 2 N–H and O–H groups in total. The van der Waals surface area contributed by atoms with Crippen molar-refractivity contribution in [2.75, 3.05) is 0 Å². The van der Waals surface area contributed by atoms with Gasteiger partial charge in [0.25, 0.3) is 11.4 Å². The van der Waals surface area contributed by atoms with Crippen molar-refractivity contribution >= 4 is 39.3 Å². The molecule has 0 rings (SSSR count). The van der Waals surface area contributed by atoms with Crippen molar-refractivity contribution in [1.29, 1.82) is 0 Å². The van der Waals surface area contributed by atoms with Crippen LogP contribution in [-0.2, 0) is 11.4 Å². The van der Waals surface area contributed by atoms with Crippen molar-refractivity contribution in [2.45, 2.75) is 3.67 Å². The fraction of sp³-hybridized carbons (Fsp3) is 0.333.